The summed E-state index contributed by atoms with van der Waals surface area (Å²) < 4.78 is 5.03. The van der Waals surface area contributed by atoms with Crippen molar-refractivity contribution in [2.45, 2.75) is 25.7 Å². The quantitative estimate of drug-likeness (QED) is 0.631. The molecule has 0 saturated carbocycles. The lowest BCUT2D eigenvalue weighted by molar-refractivity contribution is -0.116. The van der Waals surface area contributed by atoms with Crippen LogP contribution in [0, 0.1) is 0 Å². The molecule has 1 aromatic carbocycles. The van der Waals surface area contributed by atoms with Crippen LogP contribution in [0.25, 0.3) is 0 Å². The summed E-state index contributed by atoms with van der Waals surface area (Å²) in [5.74, 6) is -0.808. The van der Waals surface area contributed by atoms with Crippen LogP contribution in [0.4, 0.5) is 5.69 Å². The third kappa shape index (κ3) is 4.89. The normalized spacial score (nSPS) is 10.1. The number of unbranched alkanes of at least 4 members (excludes halogenated alkanes) is 2. The highest BCUT2D eigenvalue weighted by Gasteiger charge is 2.13. The molecule has 0 radical (unpaired) electrons. The molecule has 4 N–H and O–H groups in total. The number of carboxylic acid groups (broad SMARTS) is 1. The van der Waals surface area contributed by atoms with Gasteiger partial charge in [-0.3, -0.25) is 4.79 Å². The Morgan fingerprint density at radius 2 is 2.05 bits per heavy atom. The molecule has 110 valence electrons. The molecule has 0 bridgehead atoms. The van der Waals surface area contributed by atoms with Crippen LogP contribution in [0.3, 0.4) is 0 Å². The maximum Gasteiger partial charge on any atom is 0.337 e. The lowest BCUT2D eigenvalue weighted by Crippen LogP contribution is -2.14. The second-order valence-corrected chi connectivity index (χ2v) is 4.36. The first kappa shape index (κ1) is 16.0. The number of hydrogen-bond acceptors (Lipinski definition) is 4. The summed E-state index contributed by atoms with van der Waals surface area (Å²) in [5, 5.41) is 11.7. The van der Waals surface area contributed by atoms with Crippen LogP contribution in [-0.2, 0) is 4.79 Å². The van der Waals surface area contributed by atoms with Gasteiger partial charge in [0.25, 0.3) is 0 Å². The number of aromatic carboxylic acids is 1. The Morgan fingerprint density at radius 3 is 2.65 bits per heavy atom. The van der Waals surface area contributed by atoms with Crippen molar-refractivity contribution in [1.82, 2.24) is 0 Å². The zero-order chi connectivity index (χ0) is 15.0. The molecule has 1 aromatic rings. The number of benzene rings is 1. The van der Waals surface area contributed by atoms with E-state index in [0.717, 1.165) is 19.3 Å². The minimum Gasteiger partial charge on any atom is -0.497 e. The smallest absolute Gasteiger partial charge is 0.337 e. The molecule has 6 nitrogen and oxygen atoms in total. The van der Waals surface area contributed by atoms with E-state index >= 15 is 0 Å². The van der Waals surface area contributed by atoms with Crippen molar-refractivity contribution in [3.63, 3.8) is 0 Å². The fourth-order valence-electron chi connectivity index (χ4n) is 1.76. The van der Waals surface area contributed by atoms with Crippen molar-refractivity contribution in [2.75, 3.05) is 19.0 Å². The van der Waals surface area contributed by atoms with E-state index in [1.54, 1.807) is 6.07 Å². The van der Waals surface area contributed by atoms with E-state index in [4.69, 9.17) is 15.6 Å². The lowest BCUT2D eigenvalue weighted by Gasteiger charge is -2.10. The van der Waals surface area contributed by atoms with Crippen LogP contribution >= 0.6 is 0 Å². The molecule has 0 aliphatic heterocycles. The van der Waals surface area contributed by atoms with Gasteiger partial charge in [0.1, 0.15) is 5.75 Å². The number of carbonyl (C=O) groups excluding carboxylic acids is 1. The van der Waals surface area contributed by atoms with Crippen LogP contribution in [0.15, 0.2) is 18.2 Å². The second kappa shape index (κ2) is 8.16. The highest BCUT2D eigenvalue weighted by Crippen LogP contribution is 2.23. The number of rotatable bonds is 8. The maximum atomic E-state index is 11.8. The molecule has 0 aromatic heterocycles. The van der Waals surface area contributed by atoms with Crippen molar-refractivity contribution in [3.05, 3.63) is 23.8 Å². The summed E-state index contributed by atoms with van der Waals surface area (Å²) in [5.41, 5.74) is 5.67. The Balaban J connectivity index is 2.69. The van der Waals surface area contributed by atoms with Gasteiger partial charge in [-0.05, 0) is 31.5 Å². The summed E-state index contributed by atoms with van der Waals surface area (Å²) in [6.07, 6.45) is 2.84. The Kier molecular flexibility index (Phi) is 6.52. The molecular formula is C14H20N2O4. The fraction of sp³-hybridized carbons (Fsp3) is 0.429. The third-order valence-corrected chi connectivity index (χ3v) is 2.84. The Bertz CT molecular complexity index is 474. The molecule has 0 aliphatic carbocycles. The van der Waals surface area contributed by atoms with Gasteiger partial charge in [0, 0.05) is 12.5 Å². The van der Waals surface area contributed by atoms with Crippen LogP contribution in [0.5, 0.6) is 5.75 Å². The molecule has 0 heterocycles. The molecule has 0 saturated heterocycles. The summed E-state index contributed by atoms with van der Waals surface area (Å²) in [6.45, 7) is 0.612. The number of carbonyl (C=O) groups is 2. The molecule has 0 aliphatic rings. The predicted octanol–water partition coefficient (Wildman–Crippen LogP) is 1.85. The van der Waals surface area contributed by atoms with Crippen LogP contribution in [-0.4, -0.2) is 30.6 Å². The number of anilines is 1. The van der Waals surface area contributed by atoms with E-state index in [9.17, 15) is 9.59 Å². The fourth-order valence-corrected chi connectivity index (χ4v) is 1.76. The number of hydrogen-bond donors (Lipinski definition) is 3. The van der Waals surface area contributed by atoms with Gasteiger partial charge in [-0.25, -0.2) is 4.79 Å². The first-order valence-corrected chi connectivity index (χ1v) is 6.49. The third-order valence-electron chi connectivity index (χ3n) is 2.84. The Morgan fingerprint density at radius 1 is 1.30 bits per heavy atom. The van der Waals surface area contributed by atoms with Gasteiger partial charge in [0.2, 0.25) is 5.91 Å². The summed E-state index contributed by atoms with van der Waals surface area (Å²) >= 11 is 0. The average Bonchev–Trinajstić information content (AvgIpc) is 2.43. The average molecular weight is 280 g/mol. The number of nitrogens with two attached hydrogens (primary N) is 1. The number of nitrogens with one attached hydrogen (secondary N) is 1. The highest BCUT2D eigenvalue weighted by atomic mass is 16.5. The topological polar surface area (TPSA) is 102 Å². The molecule has 1 amide bonds. The van der Waals surface area contributed by atoms with E-state index < -0.39 is 5.97 Å². The molecule has 0 spiro atoms. The SMILES string of the molecule is COc1ccc(C(=O)O)c(NC(=O)CCCCCN)c1. The van der Waals surface area contributed by atoms with Crippen molar-refractivity contribution in [3.8, 4) is 5.75 Å². The minimum absolute atomic E-state index is 0.0427. The standard InChI is InChI=1S/C14H20N2O4/c1-20-10-6-7-11(14(18)19)12(9-10)16-13(17)5-3-2-4-8-15/h6-7,9H,2-5,8,15H2,1H3,(H,16,17)(H,18,19). The molecule has 1 rings (SSSR count). The van der Waals surface area contributed by atoms with E-state index in [2.05, 4.69) is 5.32 Å². The van der Waals surface area contributed by atoms with Crippen LogP contribution in [0.1, 0.15) is 36.0 Å². The number of ether oxygens (including phenoxy) is 1. The van der Waals surface area contributed by atoms with Gasteiger partial charge in [-0.2, -0.15) is 0 Å². The minimum atomic E-state index is -1.09. The van der Waals surface area contributed by atoms with Crippen molar-refractivity contribution in [1.29, 1.82) is 0 Å². The molecular weight excluding hydrogens is 260 g/mol. The summed E-state index contributed by atoms with van der Waals surface area (Å²) in [6, 6.07) is 4.45. The van der Waals surface area contributed by atoms with E-state index in [0.29, 0.717) is 18.7 Å². The van der Waals surface area contributed by atoms with Gasteiger partial charge in [0.05, 0.1) is 18.4 Å². The van der Waals surface area contributed by atoms with Gasteiger partial charge < -0.3 is 20.9 Å². The monoisotopic (exact) mass is 280 g/mol. The zero-order valence-corrected chi connectivity index (χ0v) is 11.5. The number of carboxylic acids is 1. The first-order valence-electron chi connectivity index (χ1n) is 6.49. The Hall–Kier alpha value is -2.08. The molecule has 0 fully saturated rings. The van der Waals surface area contributed by atoms with Gasteiger partial charge in [0.15, 0.2) is 0 Å². The summed E-state index contributed by atoms with van der Waals surface area (Å²) in [4.78, 5) is 22.9. The van der Waals surface area contributed by atoms with Gasteiger partial charge >= 0.3 is 5.97 Å². The predicted molar refractivity (Wildman–Crippen MR) is 76.1 cm³/mol. The molecule has 0 atom stereocenters. The summed E-state index contributed by atoms with van der Waals surface area (Å²) in [7, 11) is 1.48. The maximum absolute atomic E-state index is 11.8. The van der Waals surface area contributed by atoms with Crippen molar-refractivity contribution in [2.24, 2.45) is 5.73 Å². The highest BCUT2D eigenvalue weighted by molar-refractivity contribution is 6.00. The Labute approximate surface area is 117 Å². The van der Waals surface area contributed by atoms with Gasteiger partial charge in [-0.1, -0.05) is 6.42 Å². The van der Waals surface area contributed by atoms with Crippen molar-refractivity contribution < 1.29 is 19.4 Å². The number of amides is 1. The van der Waals surface area contributed by atoms with Crippen LogP contribution < -0.4 is 15.8 Å². The first-order chi connectivity index (χ1) is 9.58. The second-order valence-electron chi connectivity index (χ2n) is 4.36. The molecule has 0 unspecified atom stereocenters. The van der Waals surface area contributed by atoms with E-state index in [1.807, 2.05) is 0 Å². The lowest BCUT2D eigenvalue weighted by atomic mass is 10.1. The largest absolute Gasteiger partial charge is 0.497 e. The van der Waals surface area contributed by atoms with Crippen LogP contribution in [0.2, 0.25) is 0 Å². The van der Waals surface area contributed by atoms with E-state index in [-0.39, 0.29) is 17.2 Å². The van der Waals surface area contributed by atoms with Crippen molar-refractivity contribution >= 4 is 17.6 Å². The van der Waals surface area contributed by atoms with E-state index in [1.165, 1.54) is 19.2 Å². The van der Waals surface area contributed by atoms with Gasteiger partial charge in [-0.15, -0.1) is 0 Å². The molecule has 20 heavy (non-hydrogen) atoms. The zero-order valence-electron chi connectivity index (χ0n) is 11.5. The number of methoxy groups -OCH3 is 1. The molecule has 6 heteroatoms.